The molecule has 0 rings (SSSR count). The number of hydrogen-bond acceptors (Lipinski definition) is 9. The van der Waals surface area contributed by atoms with Gasteiger partial charge in [-0.2, -0.15) is 0 Å². The van der Waals surface area contributed by atoms with Crippen LogP contribution in [0.25, 0.3) is 0 Å². The molecule has 0 saturated carbocycles. The highest BCUT2D eigenvalue weighted by molar-refractivity contribution is 6.37. The maximum absolute atomic E-state index is 12.5. The third-order valence-electron chi connectivity index (χ3n) is 3.67. The van der Waals surface area contributed by atoms with Crippen molar-refractivity contribution in [2.45, 2.75) is 59.6 Å². The number of hydrogen-bond donors (Lipinski definition) is 2. The Hall–Kier alpha value is -2.85. The Labute approximate surface area is 176 Å². The lowest BCUT2D eigenvalue weighted by atomic mass is 10.0. The van der Waals surface area contributed by atoms with E-state index in [1.807, 2.05) is 0 Å². The Bertz CT molecular complexity index is 640. The van der Waals surface area contributed by atoms with Crippen molar-refractivity contribution < 1.29 is 38.6 Å². The number of ether oxygens (including phenoxy) is 3. The molecule has 2 amide bonds. The molecular weight excluding hydrogens is 398 g/mol. The summed E-state index contributed by atoms with van der Waals surface area (Å²) in [7, 11) is 1.22. The van der Waals surface area contributed by atoms with Gasteiger partial charge in [0, 0.05) is 13.0 Å². The van der Waals surface area contributed by atoms with Crippen LogP contribution >= 0.6 is 0 Å². The SMILES string of the molecule is CCOC(=O)/C(CN(CCC(=O)N[C@H](C(=O)OC)C(C)C)C(=O)OC(C)(C)C)=N/O. The van der Waals surface area contributed by atoms with Gasteiger partial charge >= 0.3 is 18.0 Å². The summed E-state index contributed by atoms with van der Waals surface area (Å²) in [5.41, 5.74) is -1.25. The highest BCUT2D eigenvalue weighted by atomic mass is 16.6. The summed E-state index contributed by atoms with van der Waals surface area (Å²) < 4.78 is 14.7. The third kappa shape index (κ3) is 10.1. The van der Waals surface area contributed by atoms with Crippen molar-refractivity contribution >= 4 is 29.7 Å². The quantitative estimate of drug-likeness (QED) is 0.173. The van der Waals surface area contributed by atoms with Crippen LogP contribution in [0.5, 0.6) is 0 Å². The van der Waals surface area contributed by atoms with E-state index in [-0.39, 0.29) is 25.5 Å². The Kier molecular flexibility index (Phi) is 11.5. The number of oxime groups is 1. The number of esters is 2. The average Bonchev–Trinajstić information content (AvgIpc) is 2.63. The van der Waals surface area contributed by atoms with Crippen LogP contribution in [0.3, 0.4) is 0 Å². The summed E-state index contributed by atoms with van der Waals surface area (Å²) >= 11 is 0. The minimum absolute atomic E-state index is 0.0524. The van der Waals surface area contributed by atoms with Gasteiger partial charge in [0.15, 0.2) is 5.71 Å². The summed E-state index contributed by atoms with van der Waals surface area (Å²) in [6.07, 6.45) is -1.00. The standard InChI is InChI=1S/C19H33N3O8/c1-8-29-16(24)13(21-27)11-22(18(26)30-19(4,5)6)10-9-14(23)20-15(12(2)3)17(25)28-7/h12,15,27H,8-11H2,1-7H3,(H,20,23)/b21-13+/t15-/m0/s1. The number of methoxy groups -OCH3 is 1. The van der Waals surface area contributed by atoms with E-state index in [1.54, 1.807) is 41.5 Å². The van der Waals surface area contributed by atoms with Crippen LogP contribution in [0.1, 0.15) is 48.0 Å². The van der Waals surface area contributed by atoms with Gasteiger partial charge in [-0.25, -0.2) is 14.4 Å². The van der Waals surface area contributed by atoms with E-state index in [0.29, 0.717) is 0 Å². The van der Waals surface area contributed by atoms with Crippen molar-refractivity contribution in [2.24, 2.45) is 11.1 Å². The maximum Gasteiger partial charge on any atom is 0.410 e. The summed E-state index contributed by atoms with van der Waals surface area (Å²) in [5, 5.41) is 14.6. The van der Waals surface area contributed by atoms with Crippen LogP contribution in [-0.4, -0.2) is 78.2 Å². The lowest BCUT2D eigenvalue weighted by Gasteiger charge is -2.27. The molecule has 11 heteroatoms. The first-order chi connectivity index (χ1) is 13.9. The Morgan fingerprint density at radius 3 is 2.20 bits per heavy atom. The second kappa shape index (κ2) is 12.7. The van der Waals surface area contributed by atoms with Crippen LogP contribution in [0.15, 0.2) is 5.16 Å². The van der Waals surface area contributed by atoms with Crippen molar-refractivity contribution in [3.63, 3.8) is 0 Å². The highest BCUT2D eigenvalue weighted by Gasteiger charge is 2.28. The van der Waals surface area contributed by atoms with Crippen LogP contribution in [-0.2, 0) is 28.6 Å². The van der Waals surface area contributed by atoms with Crippen LogP contribution < -0.4 is 5.32 Å². The van der Waals surface area contributed by atoms with Gasteiger partial charge in [0.1, 0.15) is 11.6 Å². The molecule has 172 valence electrons. The number of nitrogens with one attached hydrogen (secondary N) is 1. The Balaban J connectivity index is 5.29. The molecule has 0 bridgehead atoms. The molecule has 0 saturated heterocycles. The van der Waals surface area contributed by atoms with E-state index in [2.05, 4.69) is 15.2 Å². The predicted octanol–water partition coefficient (Wildman–Crippen LogP) is 1.32. The average molecular weight is 431 g/mol. The fourth-order valence-electron chi connectivity index (χ4n) is 2.20. The fraction of sp³-hybridized carbons (Fsp3) is 0.737. The zero-order chi connectivity index (χ0) is 23.5. The van der Waals surface area contributed by atoms with Gasteiger partial charge in [-0.1, -0.05) is 19.0 Å². The molecule has 0 aliphatic carbocycles. The van der Waals surface area contributed by atoms with Crippen molar-refractivity contribution in [2.75, 3.05) is 26.8 Å². The minimum atomic E-state index is -0.899. The lowest BCUT2D eigenvalue weighted by molar-refractivity contribution is -0.146. The summed E-state index contributed by atoms with van der Waals surface area (Å²) in [4.78, 5) is 49.5. The van der Waals surface area contributed by atoms with Gasteiger partial charge in [-0.3, -0.25) is 4.79 Å². The first-order valence-corrected chi connectivity index (χ1v) is 9.59. The van der Waals surface area contributed by atoms with Crippen molar-refractivity contribution in [3.8, 4) is 0 Å². The van der Waals surface area contributed by atoms with E-state index in [9.17, 15) is 19.2 Å². The largest absolute Gasteiger partial charge is 0.467 e. The smallest absolute Gasteiger partial charge is 0.410 e. The van der Waals surface area contributed by atoms with E-state index in [0.717, 1.165) is 4.90 Å². The summed E-state index contributed by atoms with van der Waals surface area (Å²) in [5.74, 6) is -2.20. The number of carbonyl (C=O) groups excluding carboxylic acids is 4. The molecule has 0 heterocycles. The second-order valence-corrected chi connectivity index (χ2v) is 7.73. The topological polar surface area (TPSA) is 144 Å². The van der Waals surface area contributed by atoms with E-state index in [1.165, 1.54) is 7.11 Å². The number of nitrogens with zero attached hydrogens (tertiary/aromatic N) is 2. The van der Waals surface area contributed by atoms with Crippen LogP contribution in [0.2, 0.25) is 0 Å². The van der Waals surface area contributed by atoms with E-state index < -0.39 is 47.8 Å². The van der Waals surface area contributed by atoms with Gasteiger partial charge in [0.2, 0.25) is 5.91 Å². The molecule has 0 aliphatic rings. The molecule has 11 nitrogen and oxygen atoms in total. The number of carbonyl (C=O) groups is 4. The molecule has 0 aromatic carbocycles. The zero-order valence-corrected chi connectivity index (χ0v) is 18.7. The van der Waals surface area contributed by atoms with Crippen molar-refractivity contribution in [1.29, 1.82) is 0 Å². The molecule has 0 aliphatic heterocycles. The number of amides is 2. The van der Waals surface area contributed by atoms with Gasteiger partial charge in [-0.05, 0) is 33.6 Å². The zero-order valence-electron chi connectivity index (χ0n) is 18.7. The van der Waals surface area contributed by atoms with Gasteiger partial charge in [-0.15, -0.1) is 0 Å². The van der Waals surface area contributed by atoms with Crippen molar-refractivity contribution in [1.82, 2.24) is 10.2 Å². The molecule has 0 fully saturated rings. The maximum atomic E-state index is 12.5. The molecule has 30 heavy (non-hydrogen) atoms. The highest BCUT2D eigenvalue weighted by Crippen LogP contribution is 2.11. The van der Waals surface area contributed by atoms with E-state index >= 15 is 0 Å². The molecule has 0 unspecified atom stereocenters. The molecule has 0 aromatic rings. The van der Waals surface area contributed by atoms with Crippen LogP contribution in [0, 0.1) is 5.92 Å². The predicted molar refractivity (Wildman–Crippen MR) is 107 cm³/mol. The molecule has 2 N–H and O–H groups in total. The Morgan fingerprint density at radius 1 is 1.17 bits per heavy atom. The summed E-state index contributed by atoms with van der Waals surface area (Å²) in [6, 6.07) is -0.841. The minimum Gasteiger partial charge on any atom is -0.467 e. The van der Waals surface area contributed by atoms with Gasteiger partial charge < -0.3 is 29.6 Å². The van der Waals surface area contributed by atoms with Gasteiger partial charge in [0.25, 0.3) is 0 Å². The monoisotopic (exact) mass is 431 g/mol. The van der Waals surface area contributed by atoms with Crippen molar-refractivity contribution in [3.05, 3.63) is 0 Å². The summed E-state index contributed by atoms with van der Waals surface area (Å²) in [6.45, 7) is 9.51. The third-order valence-corrected chi connectivity index (χ3v) is 3.67. The Morgan fingerprint density at radius 2 is 1.77 bits per heavy atom. The van der Waals surface area contributed by atoms with Gasteiger partial charge in [0.05, 0.1) is 20.3 Å². The molecule has 0 radical (unpaired) electrons. The number of rotatable bonds is 10. The normalized spacial score (nSPS) is 12.7. The van der Waals surface area contributed by atoms with E-state index in [4.69, 9.17) is 14.7 Å². The fourth-order valence-corrected chi connectivity index (χ4v) is 2.20. The molecule has 1 atom stereocenters. The molecular formula is C19H33N3O8. The lowest BCUT2D eigenvalue weighted by Crippen LogP contribution is -2.47. The molecule has 0 spiro atoms. The molecule has 0 aromatic heterocycles. The second-order valence-electron chi connectivity index (χ2n) is 7.73. The first kappa shape index (κ1) is 27.1. The van der Waals surface area contributed by atoms with Crippen LogP contribution in [0.4, 0.5) is 4.79 Å². The first-order valence-electron chi connectivity index (χ1n) is 9.59.